The maximum atomic E-state index is 12.4. The van der Waals surface area contributed by atoms with Crippen LogP contribution in [0.3, 0.4) is 0 Å². The number of para-hydroxylation sites is 1. The van der Waals surface area contributed by atoms with Gasteiger partial charge in [0.2, 0.25) is 0 Å². The normalized spacial score (nSPS) is 16.5. The molecule has 3 aromatic rings. The SMILES string of the molecule is O=c1[nH]c2ccccc2cc1CN[C@H]1CCCc2cc(OC(F)F)ccc21. The molecular formula is C21H20F2N2O2. The molecule has 1 aliphatic rings. The second-order valence-corrected chi connectivity index (χ2v) is 6.78. The molecule has 4 nitrogen and oxygen atoms in total. The molecule has 0 aliphatic heterocycles. The number of fused-ring (bicyclic) bond motifs is 2. The first-order valence-electron chi connectivity index (χ1n) is 9.02. The van der Waals surface area contributed by atoms with Crippen molar-refractivity contribution in [3.05, 3.63) is 75.6 Å². The van der Waals surface area contributed by atoms with Crippen molar-refractivity contribution in [2.75, 3.05) is 0 Å². The predicted molar refractivity (Wildman–Crippen MR) is 100 cm³/mol. The molecule has 6 heteroatoms. The lowest BCUT2D eigenvalue weighted by molar-refractivity contribution is -0.0499. The molecule has 0 fully saturated rings. The van der Waals surface area contributed by atoms with E-state index in [0.29, 0.717) is 12.1 Å². The molecule has 1 aromatic heterocycles. The largest absolute Gasteiger partial charge is 0.435 e. The summed E-state index contributed by atoms with van der Waals surface area (Å²) in [5.41, 5.74) is 3.50. The van der Waals surface area contributed by atoms with Gasteiger partial charge in [-0.3, -0.25) is 4.79 Å². The fourth-order valence-corrected chi connectivity index (χ4v) is 3.74. The van der Waals surface area contributed by atoms with E-state index in [4.69, 9.17) is 0 Å². The van der Waals surface area contributed by atoms with Gasteiger partial charge in [-0.2, -0.15) is 8.78 Å². The van der Waals surface area contributed by atoms with Crippen molar-refractivity contribution in [3.63, 3.8) is 0 Å². The summed E-state index contributed by atoms with van der Waals surface area (Å²) in [6.07, 6.45) is 2.73. The highest BCUT2D eigenvalue weighted by Crippen LogP contribution is 2.32. The van der Waals surface area contributed by atoms with Crippen LogP contribution in [0.1, 0.15) is 35.6 Å². The third-order valence-electron chi connectivity index (χ3n) is 5.02. The van der Waals surface area contributed by atoms with Crippen LogP contribution in [0.2, 0.25) is 0 Å². The molecule has 0 radical (unpaired) electrons. The van der Waals surface area contributed by atoms with E-state index < -0.39 is 6.61 Å². The Balaban J connectivity index is 1.53. The van der Waals surface area contributed by atoms with E-state index in [1.54, 1.807) is 12.1 Å². The van der Waals surface area contributed by atoms with Gasteiger partial charge in [-0.05, 0) is 60.0 Å². The third kappa shape index (κ3) is 3.85. The van der Waals surface area contributed by atoms with Crippen LogP contribution in [0, 0.1) is 0 Å². The van der Waals surface area contributed by atoms with Gasteiger partial charge in [0.05, 0.1) is 0 Å². The molecule has 4 rings (SSSR count). The summed E-state index contributed by atoms with van der Waals surface area (Å²) in [5.74, 6) is 0.190. The highest BCUT2D eigenvalue weighted by atomic mass is 19.3. The summed E-state index contributed by atoms with van der Waals surface area (Å²) in [6.45, 7) is -2.38. The number of alkyl halides is 2. The summed E-state index contributed by atoms with van der Waals surface area (Å²) in [7, 11) is 0. The topological polar surface area (TPSA) is 54.1 Å². The number of aromatic amines is 1. The van der Waals surface area contributed by atoms with E-state index in [-0.39, 0.29) is 17.4 Å². The number of ether oxygens (including phenoxy) is 1. The van der Waals surface area contributed by atoms with Crippen LogP contribution in [0.4, 0.5) is 8.78 Å². The van der Waals surface area contributed by atoms with E-state index in [9.17, 15) is 13.6 Å². The first kappa shape index (κ1) is 17.7. The van der Waals surface area contributed by atoms with Crippen LogP contribution in [-0.4, -0.2) is 11.6 Å². The Morgan fingerprint density at radius 3 is 2.89 bits per heavy atom. The smallest absolute Gasteiger partial charge is 0.387 e. The predicted octanol–water partition coefficient (Wildman–Crippen LogP) is 4.30. The molecule has 0 spiro atoms. The van der Waals surface area contributed by atoms with Crippen molar-refractivity contribution in [2.24, 2.45) is 0 Å². The van der Waals surface area contributed by atoms with E-state index in [2.05, 4.69) is 15.0 Å². The molecule has 140 valence electrons. The van der Waals surface area contributed by atoms with Crippen LogP contribution in [0.25, 0.3) is 10.9 Å². The summed E-state index contributed by atoms with van der Waals surface area (Å²) in [6, 6.07) is 14.8. The van der Waals surface area contributed by atoms with Crippen molar-refractivity contribution in [1.82, 2.24) is 10.3 Å². The monoisotopic (exact) mass is 370 g/mol. The number of halogens is 2. The number of nitrogens with one attached hydrogen (secondary N) is 2. The minimum atomic E-state index is -2.82. The average molecular weight is 370 g/mol. The van der Waals surface area contributed by atoms with Crippen LogP contribution in [0.15, 0.2) is 53.3 Å². The average Bonchev–Trinajstić information content (AvgIpc) is 2.65. The first-order valence-corrected chi connectivity index (χ1v) is 9.02. The molecule has 0 bridgehead atoms. The van der Waals surface area contributed by atoms with Gasteiger partial charge in [0.15, 0.2) is 0 Å². The second-order valence-electron chi connectivity index (χ2n) is 6.78. The van der Waals surface area contributed by atoms with Crippen LogP contribution < -0.4 is 15.6 Å². The Hall–Kier alpha value is -2.73. The van der Waals surface area contributed by atoms with Gasteiger partial charge in [0, 0.05) is 23.7 Å². The molecule has 0 amide bonds. The number of rotatable bonds is 5. The zero-order valence-corrected chi connectivity index (χ0v) is 14.7. The van der Waals surface area contributed by atoms with Gasteiger partial charge in [-0.15, -0.1) is 0 Å². The van der Waals surface area contributed by atoms with Crippen LogP contribution in [0.5, 0.6) is 5.75 Å². The third-order valence-corrected chi connectivity index (χ3v) is 5.02. The van der Waals surface area contributed by atoms with E-state index in [1.807, 2.05) is 36.4 Å². The Labute approximate surface area is 155 Å². The lowest BCUT2D eigenvalue weighted by Crippen LogP contribution is -2.27. The number of pyridine rings is 1. The minimum Gasteiger partial charge on any atom is -0.435 e. The lowest BCUT2D eigenvalue weighted by atomic mass is 9.87. The molecule has 0 unspecified atom stereocenters. The van der Waals surface area contributed by atoms with Crippen molar-refractivity contribution in [2.45, 2.75) is 38.5 Å². The Bertz CT molecular complexity index is 1020. The van der Waals surface area contributed by atoms with Crippen LogP contribution in [-0.2, 0) is 13.0 Å². The Morgan fingerprint density at radius 2 is 2.04 bits per heavy atom. The van der Waals surface area contributed by atoms with Crippen LogP contribution >= 0.6 is 0 Å². The molecular weight excluding hydrogens is 350 g/mol. The molecule has 27 heavy (non-hydrogen) atoms. The number of hydrogen-bond donors (Lipinski definition) is 2. The van der Waals surface area contributed by atoms with Crippen molar-refractivity contribution >= 4 is 10.9 Å². The maximum Gasteiger partial charge on any atom is 0.387 e. The molecule has 1 heterocycles. The van der Waals surface area contributed by atoms with Gasteiger partial charge in [-0.1, -0.05) is 24.3 Å². The van der Waals surface area contributed by atoms with Crippen molar-refractivity contribution in [1.29, 1.82) is 0 Å². The van der Waals surface area contributed by atoms with Gasteiger partial charge < -0.3 is 15.0 Å². The van der Waals surface area contributed by atoms with E-state index in [1.165, 1.54) is 0 Å². The summed E-state index contributed by atoms with van der Waals surface area (Å²) in [5, 5.41) is 4.44. The number of benzene rings is 2. The molecule has 0 saturated heterocycles. The molecule has 2 N–H and O–H groups in total. The van der Waals surface area contributed by atoms with Gasteiger partial charge >= 0.3 is 6.61 Å². The van der Waals surface area contributed by atoms with Gasteiger partial charge in [0.1, 0.15) is 5.75 Å². The van der Waals surface area contributed by atoms with Gasteiger partial charge in [-0.25, -0.2) is 0 Å². The molecule has 1 aliphatic carbocycles. The first-order chi connectivity index (χ1) is 13.1. The lowest BCUT2D eigenvalue weighted by Gasteiger charge is -2.27. The summed E-state index contributed by atoms with van der Waals surface area (Å²) >= 11 is 0. The summed E-state index contributed by atoms with van der Waals surface area (Å²) < 4.78 is 29.3. The highest BCUT2D eigenvalue weighted by molar-refractivity contribution is 5.78. The van der Waals surface area contributed by atoms with E-state index >= 15 is 0 Å². The maximum absolute atomic E-state index is 12.4. The number of hydrogen-bond acceptors (Lipinski definition) is 3. The fraction of sp³-hybridized carbons (Fsp3) is 0.286. The summed E-state index contributed by atoms with van der Waals surface area (Å²) in [4.78, 5) is 15.2. The number of aromatic nitrogens is 1. The second kappa shape index (κ2) is 7.48. The Kier molecular flexibility index (Phi) is 4.90. The van der Waals surface area contributed by atoms with Gasteiger partial charge in [0.25, 0.3) is 5.56 Å². The molecule has 1 atom stereocenters. The molecule has 0 saturated carbocycles. The van der Waals surface area contributed by atoms with Crippen molar-refractivity contribution in [3.8, 4) is 5.75 Å². The zero-order valence-electron chi connectivity index (χ0n) is 14.7. The standard InChI is InChI=1S/C21H20F2N2O2/c22-21(23)27-16-8-9-17-13(11-16)5-3-7-19(17)24-12-15-10-14-4-1-2-6-18(14)25-20(15)26/h1-2,4,6,8-11,19,21,24H,3,5,7,12H2,(H,25,26)/t19-/m0/s1. The van der Waals surface area contributed by atoms with Crippen molar-refractivity contribution < 1.29 is 13.5 Å². The van der Waals surface area contributed by atoms with E-state index in [0.717, 1.165) is 41.3 Å². The minimum absolute atomic E-state index is 0.0835. The Morgan fingerprint density at radius 1 is 1.19 bits per heavy atom. The number of H-pyrrole nitrogens is 1. The highest BCUT2D eigenvalue weighted by Gasteiger charge is 2.21. The fourth-order valence-electron chi connectivity index (χ4n) is 3.74. The number of aryl methyl sites for hydroxylation is 1. The zero-order chi connectivity index (χ0) is 18.8. The quantitative estimate of drug-likeness (QED) is 0.704. The molecule has 2 aromatic carbocycles.